The molecule has 29 heavy (non-hydrogen) atoms. The summed E-state index contributed by atoms with van der Waals surface area (Å²) in [6.45, 7) is 4.59. The maximum absolute atomic E-state index is 12.7. The smallest absolute Gasteiger partial charge is 0.338 e. The molecule has 0 saturated carbocycles. The highest BCUT2D eigenvalue weighted by molar-refractivity contribution is 7.99. The van der Waals surface area contributed by atoms with E-state index in [1.165, 1.54) is 0 Å². The molecule has 0 spiro atoms. The highest BCUT2D eigenvalue weighted by atomic mass is 32.2. The van der Waals surface area contributed by atoms with Gasteiger partial charge in [-0.3, -0.25) is 0 Å². The van der Waals surface area contributed by atoms with Gasteiger partial charge < -0.3 is 18.9 Å². The number of ether oxygens (including phenoxy) is 4. The lowest BCUT2D eigenvalue weighted by molar-refractivity contribution is -0.306. The van der Waals surface area contributed by atoms with Crippen LogP contribution in [0.1, 0.15) is 36.1 Å². The van der Waals surface area contributed by atoms with Crippen LogP contribution in [0.5, 0.6) is 0 Å². The summed E-state index contributed by atoms with van der Waals surface area (Å²) in [5, 5.41) is 0. The van der Waals surface area contributed by atoms with Crippen LogP contribution < -0.4 is 0 Å². The van der Waals surface area contributed by atoms with Crippen molar-refractivity contribution in [2.45, 2.75) is 43.9 Å². The molecule has 0 bridgehead atoms. The van der Waals surface area contributed by atoms with Gasteiger partial charge in [0.2, 0.25) is 0 Å². The Bertz CT molecular complexity index is 799. The molecule has 5 nitrogen and oxygen atoms in total. The Balaban J connectivity index is 1.51. The molecule has 6 heteroatoms. The molecule has 2 aromatic carbocycles. The number of fused-ring (bicyclic) bond motifs is 1. The van der Waals surface area contributed by atoms with Crippen molar-refractivity contribution in [3.05, 3.63) is 71.8 Å². The fraction of sp³-hybridized carbons (Fsp3) is 0.435. The fourth-order valence-electron chi connectivity index (χ4n) is 3.82. The summed E-state index contributed by atoms with van der Waals surface area (Å²) in [6, 6.07) is 18.9. The van der Waals surface area contributed by atoms with Gasteiger partial charge >= 0.3 is 5.97 Å². The predicted molar refractivity (Wildman–Crippen MR) is 112 cm³/mol. The third-order valence-electron chi connectivity index (χ3n) is 5.33. The molecule has 0 aliphatic carbocycles. The van der Waals surface area contributed by atoms with Gasteiger partial charge in [0.25, 0.3) is 0 Å². The van der Waals surface area contributed by atoms with Crippen LogP contribution in [-0.2, 0) is 18.9 Å². The number of carbonyl (C=O) groups is 1. The Labute approximate surface area is 175 Å². The van der Waals surface area contributed by atoms with E-state index in [4.69, 9.17) is 18.9 Å². The molecule has 2 aliphatic rings. The van der Waals surface area contributed by atoms with Crippen LogP contribution in [-0.4, -0.2) is 42.1 Å². The van der Waals surface area contributed by atoms with E-state index in [2.05, 4.69) is 13.8 Å². The largest absolute Gasteiger partial charge is 0.455 e. The van der Waals surface area contributed by atoms with E-state index < -0.39 is 12.4 Å². The predicted octanol–water partition coefficient (Wildman–Crippen LogP) is 4.44. The average Bonchev–Trinajstić information content (AvgIpc) is 2.77. The van der Waals surface area contributed by atoms with E-state index in [9.17, 15) is 4.79 Å². The third kappa shape index (κ3) is 4.51. The van der Waals surface area contributed by atoms with Crippen molar-refractivity contribution in [1.82, 2.24) is 0 Å². The van der Waals surface area contributed by atoms with Crippen molar-refractivity contribution < 1.29 is 23.7 Å². The summed E-state index contributed by atoms with van der Waals surface area (Å²) in [4.78, 5) is 12.7. The Hall–Kier alpha value is -1.86. The minimum Gasteiger partial charge on any atom is -0.455 e. The van der Waals surface area contributed by atoms with E-state index in [1.54, 1.807) is 23.9 Å². The first-order chi connectivity index (χ1) is 14.2. The Morgan fingerprint density at radius 2 is 1.76 bits per heavy atom. The maximum Gasteiger partial charge on any atom is 0.338 e. The molecule has 4 rings (SSSR count). The lowest BCUT2D eigenvalue weighted by Gasteiger charge is -2.48. The van der Waals surface area contributed by atoms with Gasteiger partial charge in [-0.2, -0.15) is 0 Å². The number of rotatable bonds is 5. The molecule has 3 unspecified atom stereocenters. The number of hydrogen-bond acceptors (Lipinski definition) is 6. The highest BCUT2D eigenvalue weighted by Gasteiger charge is 2.49. The quantitative estimate of drug-likeness (QED) is 0.674. The van der Waals surface area contributed by atoms with Crippen LogP contribution in [0.3, 0.4) is 0 Å². The molecular weight excluding hydrogens is 388 g/mol. The first kappa shape index (κ1) is 20.4. The Morgan fingerprint density at radius 3 is 2.45 bits per heavy atom. The lowest BCUT2D eigenvalue weighted by Crippen LogP contribution is -2.58. The summed E-state index contributed by atoms with van der Waals surface area (Å²) < 4.78 is 24.4. The fourth-order valence-corrected chi connectivity index (χ4v) is 4.87. The highest BCUT2D eigenvalue weighted by Crippen LogP contribution is 2.40. The summed E-state index contributed by atoms with van der Waals surface area (Å²) in [5.74, 6) is 0.501. The van der Waals surface area contributed by atoms with E-state index in [0.29, 0.717) is 12.2 Å². The second-order valence-corrected chi connectivity index (χ2v) is 8.65. The maximum atomic E-state index is 12.7. The molecule has 2 fully saturated rings. The van der Waals surface area contributed by atoms with E-state index in [0.717, 1.165) is 11.3 Å². The number of carbonyl (C=O) groups excluding carboxylic acids is 1. The summed E-state index contributed by atoms with van der Waals surface area (Å²) in [5.41, 5.74) is 1.27. The van der Waals surface area contributed by atoms with Gasteiger partial charge in [-0.1, -0.05) is 62.4 Å². The molecule has 0 aromatic heterocycles. The molecule has 6 atom stereocenters. The SMILES string of the molecule is CCS[C@@H]1OC2COC(c3ccccc3)O[C@@H]2[C@H](C)C1OC(=O)c1ccccc1. The second kappa shape index (κ2) is 9.30. The monoisotopic (exact) mass is 414 g/mol. The number of thioether (sulfide) groups is 1. The molecule has 2 saturated heterocycles. The zero-order valence-corrected chi connectivity index (χ0v) is 17.4. The van der Waals surface area contributed by atoms with Crippen molar-refractivity contribution in [2.75, 3.05) is 12.4 Å². The van der Waals surface area contributed by atoms with E-state index in [-0.39, 0.29) is 29.5 Å². The van der Waals surface area contributed by atoms with Crippen LogP contribution in [0.2, 0.25) is 0 Å². The molecule has 0 N–H and O–H groups in total. The number of benzene rings is 2. The second-order valence-electron chi connectivity index (χ2n) is 7.27. The topological polar surface area (TPSA) is 54.0 Å². The molecule has 2 aliphatic heterocycles. The van der Waals surface area contributed by atoms with Crippen molar-refractivity contribution in [3.8, 4) is 0 Å². The Morgan fingerprint density at radius 1 is 1.07 bits per heavy atom. The lowest BCUT2D eigenvalue weighted by atomic mass is 9.90. The van der Waals surface area contributed by atoms with E-state index >= 15 is 0 Å². The van der Waals surface area contributed by atoms with Gasteiger partial charge in [0.05, 0.1) is 18.3 Å². The average molecular weight is 415 g/mol. The number of hydrogen-bond donors (Lipinski definition) is 0. The van der Waals surface area contributed by atoms with Crippen LogP contribution in [0, 0.1) is 5.92 Å². The van der Waals surface area contributed by atoms with Gasteiger partial charge in [-0.15, -0.1) is 11.8 Å². The summed E-state index contributed by atoms with van der Waals surface area (Å²) in [7, 11) is 0. The van der Waals surface area contributed by atoms with Gasteiger partial charge in [0, 0.05) is 11.5 Å². The summed E-state index contributed by atoms with van der Waals surface area (Å²) >= 11 is 1.64. The molecule has 154 valence electrons. The number of esters is 1. The van der Waals surface area contributed by atoms with Crippen LogP contribution in [0.4, 0.5) is 0 Å². The zero-order valence-electron chi connectivity index (χ0n) is 16.6. The molecular formula is C23H26O5S. The van der Waals surface area contributed by atoms with Crippen molar-refractivity contribution in [3.63, 3.8) is 0 Å². The first-order valence-corrected chi connectivity index (χ1v) is 11.1. The third-order valence-corrected chi connectivity index (χ3v) is 6.37. The van der Waals surface area contributed by atoms with Crippen molar-refractivity contribution in [1.29, 1.82) is 0 Å². The molecule has 0 radical (unpaired) electrons. The van der Waals surface area contributed by atoms with Crippen molar-refractivity contribution in [2.24, 2.45) is 5.92 Å². The normalized spacial score (nSPS) is 31.7. The molecule has 2 aromatic rings. The zero-order chi connectivity index (χ0) is 20.2. The minimum absolute atomic E-state index is 0.0272. The molecule has 0 amide bonds. The van der Waals surface area contributed by atoms with Crippen LogP contribution in [0.25, 0.3) is 0 Å². The first-order valence-electron chi connectivity index (χ1n) is 10.0. The van der Waals surface area contributed by atoms with Crippen LogP contribution in [0.15, 0.2) is 60.7 Å². The van der Waals surface area contributed by atoms with Gasteiger partial charge in [-0.25, -0.2) is 4.79 Å². The Kier molecular flexibility index (Phi) is 6.55. The van der Waals surface area contributed by atoms with E-state index in [1.807, 2.05) is 48.5 Å². The van der Waals surface area contributed by atoms with Gasteiger partial charge in [0.1, 0.15) is 17.6 Å². The standard InChI is InChI=1S/C23H26O5S/c1-3-29-23-20(27-21(24)16-10-6-4-7-11-16)15(2)19-18(26-23)14-25-22(28-19)17-12-8-5-9-13-17/h4-13,15,18-20,22-23H,3,14H2,1-2H3/t15-,18?,19+,20?,22?,23-/m0/s1. The van der Waals surface area contributed by atoms with Gasteiger partial charge in [0.15, 0.2) is 6.29 Å². The molecule has 2 heterocycles. The van der Waals surface area contributed by atoms with Gasteiger partial charge in [-0.05, 0) is 17.9 Å². The van der Waals surface area contributed by atoms with Crippen molar-refractivity contribution >= 4 is 17.7 Å². The minimum atomic E-state index is -0.440. The van der Waals surface area contributed by atoms with Crippen LogP contribution >= 0.6 is 11.8 Å². The summed E-state index contributed by atoms with van der Waals surface area (Å²) in [6.07, 6.45) is -1.23.